The molecule has 1 aromatic rings. The highest BCUT2D eigenvalue weighted by molar-refractivity contribution is 5.08. The van der Waals surface area contributed by atoms with Crippen molar-refractivity contribution in [3.8, 4) is 0 Å². The molecule has 0 aliphatic heterocycles. The van der Waals surface area contributed by atoms with E-state index in [0.717, 1.165) is 24.9 Å². The third-order valence-corrected chi connectivity index (χ3v) is 4.62. The molecule has 1 aromatic heterocycles. The van der Waals surface area contributed by atoms with Crippen LogP contribution < -0.4 is 5.32 Å². The predicted molar refractivity (Wildman–Crippen MR) is 89.2 cm³/mol. The number of rotatable bonds is 7. The molecular formula is C18H31N3. The number of pyridine rings is 1. The van der Waals surface area contributed by atoms with Crippen molar-refractivity contribution < 1.29 is 0 Å². The first kappa shape index (κ1) is 16.4. The van der Waals surface area contributed by atoms with E-state index in [1.165, 1.54) is 37.8 Å². The molecule has 118 valence electrons. The summed E-state index contributed by atoms with van der Waals surface area (Å²) >= 11 is 0. The molecule has 0 amide bonds. The van der Waals surface area contributed by atoms with Crippen LogP contribution in [0.3, 0.4) is 0 Å². The van der Waals surface area contributed by atoms with Crippen molar-refractivity contribution in [1.29, 1.82) is 0 Å². The molecule has 3 nitrogen and oxygen atoms in total. The van der Waals surface area contributed by atoms with Crippen molar-refractivity contribution >= 4 is 0 Å². The molecule has 0 saturated heterocycles. The lowest BCUT2D eigenvalue weighted by Crippen LogP contribution is -2.45. The maximum Gasteiger partial charge on any atom is 0.0312 e. The lowest BCUT2D eigenvalue weighted by Gasteiger charge is -2.37. The zero-order chi connectivity index (χ0) is 15.1. The third kappa shape index (κ3) is 5.40. The highest BCUT2D eigenvalue weighted by Crippen LogP contribution is 2.29. The van der Waals surface area contributed by atoms with E-state index in [0.29, 0.717) is 6.04 Å². The second-order valence-corrected chi connectivity index (χ2v) is 6.80. The Morgan fingerprint density at radius 2 is 2.24 bits per heavy atom. The maximum absolute atomic E-state index is 4.21. The molecule has 3 atom stereocenters. The Morgan fingerprint density at radius 1 is 1.38 bits per heavy atom. The molecule has 1 saturated carbocycles. The van der Waals surface area contributed by atoms with Gasteiger partial charge in [0.2, 0.25) is 0 Å². The highest BCUT2D eigenvalue weighted by Gasteiger charge is 2.28. The minimum Gasteiger partial charge on any atom is -0.314 e. The second-order valence-electron chi connectivity index (χ2n) is 6.80. The van der Waals surface area contributed by atoms with E-state index in [4.69, 9.17) is 0 Å². The van der Waals surface area contributed by atoms with Crippen molar-refractivity contribution in [3.63, 3.8) is 0 Å². The van der Waals surface area contributed by atoms with Gasteiger partial charge in [-0.05, 0) is 62.7 Å². The number of aromatic nitrogens is 1. The molecule has 1 N–H and O–H groups in total. The molecule has 21 heavy (non-hydrogen) atoms. The van der Waals surface area contributed by atoms with Crippen LogP contribution in [-0.2, 0) is 6.54 Å². The summed E-state index contributed by atoms with van der Waals surface area (Å²) in [5.41, 5.74) is 1.31. The molecule has 0 aromatic carbocycles. The summed E-state index contributed by atoms with van der Waals surface area (Å²) in [6, 6.07) is 4.90. The quantitative estimate of drug-likeness (QED) is 0.834. The third-order valence-electron chi connectivity index (χ3n) is 4.62. The standard InChI is InChI=1S/C18H31N3/c1-4-9-20-18-8-7-15(2)11-17(18)14-21(3)13-16-6-5-10-19-12-16/h5-6,10,12,15,17-18,20H,4,7-9,11,13-14H2,1-3H3. The van der Waals surface area contributed by atoms with Crippen LogP contribution in [0.1, 0.15) is 45.1 Å². The van der Waals surface area contributed by atoms with Gasteiger partial charge in [-0.1, -0.05) is 19.9 Å². The van der Waals surface area contributed by atoms with Gasteiger partial charge in [0.05, 0.1) is 0 Å². The van der Waals surface area contributed by atoms with E-state index in [1.54, 1.807) is 0 Å². The number of nitrogens with one attached hydrogen (secondary N) is 1. The number of nitrogens with zero attached hydrogens (tertiary/aromatic N) is 2. The molecule has 3 heteroatoms. The normalized spacial score (nSPS) is 26.2. The van der Waals surface area contributed by atoms with Crippen LogP contribution in [0.15, 0.2) is 24.5 Å². The van der Waals surface area contributed by atoms with Gasteiger partial charge in [-0.25, -0.2) is 0 Å². The molecule has 3 unspecified atom stereocenters. The molecule has 2 rings (SSSR count). The van der Waals surface area contributed by atoms with E-state index >= 15 is 0 Å². The summed E-state index contributed by atoms with van der Waals surface area (Å²) in [7, 11) is 2.24. The van der Waals surface area contributed by atoms with Crippen molar-refractivity contribution in [3.05, 3.63) is 30.1 Å². The predicted octanol–water partition coefficient (Wildman–Crippen LogP) is 3.32. The molecule has 0 bridgehead atoms. The summed E-state index contributed by atoms with van der Waals surface area (Å²) in [4.78, 5) is 6.67. The van der Waals surface area contributed by atoms with E-state index in [9.17, 15) is 0 Å². The van der Waals surface area contributed by atoms with Gasteiger partial charge in [-0.2, -0.15) is 0 Å². The minimum atomic E-state index is 0.706. The Bertz CT molecular complexity index is 391. The van der Waals surface area contributed by atoms with Crippen LogP contribution in [0, 0.1) is 11.8 Å². The van der Waals surface area contributed by atoms with Crippen LogP contribution in [0.2, 0.25) is 0 Å². The molecular weight excluding hydrogens is 258 g/mol. The first-order valence-electron chi connectivity index (χ1n) is 8.49. The Hall–Kier alpha value is -0.930. The maximum atomic E-state index is 4.21. The van der Waals surface area contributed by atoms with Crippen LogP contribution in [0.5, 0.6) is 0 Å². The average Bonchev–Trinajstić information content (AvgIpc) is 2.47. The first-order valence-corrected chi connectivity index (χ1v) is 8.49. The zero-order valence-corrected chi connectivity index (χ0v) is 13.9. The van der Waals surface area contributed by atoms with Crippen LogP contribution in [0.25, 0.3) is 0 Å². The van der Waals surface area contributed by atoms with Gasteiger partial charge < -0.3 is 10.2 Å². The summed E-state index contributed by atoms with van der Waals surface area (Å²) < 4.78 is 0. The summed E-state index contributed by atoms with van der Waals surface area (Å²) in [5.74, 6) is 1.66. The van der Waals surface area contributed by atoms with Crippen molar-refractivity contribution in [2.24, 2.45) is 11.8 Å². The molecule has 0 spiro atoms. The zero-order valence-electron chi connectivity index (χ0n) is 13.9. The lowest BCUT2D eigenvalue weighted by molar-refractivity contribution is 0.157. The van der Waals surface area contributed by atoms with Gasteiger partial charge in [0, 0.05) is 31.5 Å². The van der Waals surface area contributed by atoms with E-state index in [-0.39, 0.29) is 0 Å². The Morgan fingerprint density at radius 3 is 2.95 bits per heavy atom. The smallest absolute Gasteiger partial charge is 0.0312 e. The largest absolute Gasteiger partial charge is 0.314 e. The monoisotopic (exact) mass is 289 g/mol. The SMILES string of the molecule is CCCNC1CCC(C)CC1CN(C)Cc1cccnc1. The fourth-order valence-corrected chi connectivity index (χ4v) is 3.57. The Kier molecular flexibility index (Phi) is 6.65. The topological polar surface area (TPSA) is 28.2 Å². The van der Waals surface area contributed by atoms with Crippen molar-refractivity contribution in [2.45, 2.75) is 52.1 Å². The van der Waals surface area contributed by atoms with Gasteiger partial charge >= 0.3 is 0 Å². The average molecular weight is 289 g/mol. The van der Waals surface area contributed by atoms with Crippen LogP contribution in [0.4, 0.5) is 0 Å². The number of hydrogen-bond acceptors (Lipinski definition) is 3. The fourth-order valence-electron chi connectivity index (χ4n) is 3.57. The number of hydrogen-bond donors (Lipinski definition) is 1. The molecule has 1 heterocycles. The van der Waals surface area contributed by atoms with Gasteiger partial charge in [0.25, 0.3) is 0 Å². The highest BCUT2D eigenvalue weighted by atomic mass is 15.1. The van der Waals surface area contributed by atoms with Gasteiger partial charge in [-0.3, -0.25) is 4.98 Å². The van der Waals surface area contributed by atoms with Gasteiger partial charge in [0.15, 0.2) is 0 Å². The van der Waals surface area contributed by atoms with Crippen LogP contribution in [-0.4, -0.2) is 36.1 Å². The molecule has 0 radical (unpaired) electrons. The second kappa shape index (κ2) is 8.50. The van der Waals surface area contributed by atoms with Crippen molar-refractivity contribution in [2.75, 3.05) is 20.1 Å². The summed E-state index contributed by atoms with van der Waals surface area (Å²) in [5, 5.41) is 3.77. The molecule has 1 aliphatic rings. The van der Waals surface area contributed by atoms with Crippen LogP contribution >= 0.6 is 0 Å². The Balaban J connectivity index is 1.87. The minimum absolute atomic E-state index is 0.706. The molecule has 1 aliphatic carbocycles. The molecule has 1 fully saturated rings. The first-order chi connectivity index (χ1) is 10.2. The van der Waals surface area contributed by atoms with E-state index in [1.807, 2.05) is 18.5 Å². The Labute approximate surface area is 130 Å². The fraction of sp³-hybridized carbons (Fsp3) is 0.722. The lowest BCUT2D eigenvalue weighted by atomic mass is 9.78. The summed E-state index contributed by atoms with van der Waals surface area (Å²) in [6.45, 7) is 7.99. The van der Waals surface area contributed by atoms with Gasteiger partial charge in [0.1, 0.15) is 0 Å². The summed E-state index contributed by atoms with van der Waals surface area (Å²) in [6.07, 6.45) is 9.13. The van der Waals surface area contributed by atoms with E-state index < -0.39 is 0 Å². The van der Waals surface area contributed by atoms with E-state index in [2.05, 4.69) is 42.2 Å². The van der Waals surface area contributed by atoms with Crippen molar-refractivity contribution in [1.82, 2.24) is 15.2 Å². The van der Waals surface area contributed by atoms with Gasteiger partial charge in [-0.15, -0.1) is 0 Å².